The molecule has 0 fully saturated rings. The van der Waals surface area contributed by atoms with Gasteiger partial charge in [0.25, 0.3) is 0 Å². The molecule has 20 heavy (non-hydrogen) atoms. The lowest BCUT2D eigenvalue weighted by Crippen LogP contribution is -2.30. The van der Waals surface area contributed by atoms with Crippen LogP contribution in [0.3, 0.4) is 0 Å². The van der Waals surface area contributed by atoms with E-state index in [1.807, 2.05) is 37.4 Å². The summed E-state index contributed by atoms with van der Waals surface area (Å²) in [6.45, 7) is 0. The van der Waals surface area contributed by atoms with Crippen molar-refractivity contribution >= 4 is 23.2 Å². The molecule has 0 heterocycles. The normalized spacial score (nSPS) is 12.3. The van der Waals surface area contributed by atoms with Crippen LogP contribution in [0.1, 0.15) is 11.1 Å². The third-order valence-corrected chi connectivity index (χ3v) is 4.02. The Hall–Kier alpha value is -1.22. The van der Waals surface area contributed by atoms with E-state index in [9.17, 15) is 5.11 Å². The van der Waals surface area contributed by atoms with E-state index in [2.05, 4.69) is 5.32 Å². The Labute approximate surface area is 129 Å². The molecule has 1 atom stereocenters. The van der Waals surface area contributed by atoms with Gasteiger partial charge < -0.3 is 10.4 Å². The summed E-state index contributed by atoms with van der Waals surface area (Å²) < 4.78 is 0. The Morgan fingerprint density at radius 1 is 1.05 bits per heavy atom. The van der Waals surface area contributed by atoms with Crippen molar-refractivity contribution in [3.05, 3.63) is 63.6 Å². The predicted octanol–water partition coefficient (Wildman–Crippen LogP) is 4.07. The van der Waals surface area contributed by atoms with Crippen molar-refractivity contribution in [3.63, 3.8) is 0 Å². The first kappa shape index (κ1) is 15.2. The molecule has 0 bridgehead atoms. The van der Waals surface area contributed by atoms with Crippen LogP contribution in [0, 0.1) is 0 Å². The first-order valence-corrected chi connectivity index (χ1v) is 7.24. The molecule has 106 valence electrons. The maximum Gasteiger partial charge on any atom is 0.115 e. The fraction of sp³-hybridized carbons (Fsp3) is 0.250. The molecule has 0 aliphatic carbocycles. The Bertz CT molecular complexity index is 566. The van der Waals surface area contributed by atoms with Gasteiger partial charge in [-0.2, -0.15) is 0 Å². The molecule has 4 heteroatoms. The summed E-state index contributed by atoms with van der Waals surface area (Å²) in [5.41, 5.74) is 2.03. The number of halogens is 2. The minimum Gasteiger partial charge on any atom is -0.508 e. The Morgan fingerprint density at radius 3 is 2.30 bits per heavy atom. The molecule has 0 spiro atoms. The second kappa shape index (κ2) is 6.98. The highest BCUT2D eigenvalue weighted by atomic mass is 35.5. The standard InChI is InChI=1S/C16H17Cl2NO/c1-19-12(8-11-4-2-5-13(20)9-11)10-14-15(17)6-3-7-16(14)18/h2-7,9,12,19-20H,8,10H2,1H3. The predicted molar refractivity (Wildman–Crippen MR) is 84.8 cm³/mol. The lowest BCUT2D eigenvalue weighted by Gasteiger charge is -2.18. The molecule has 2 aromatic rings. The number of hydrogen-bond acceptors (Lipinski definition) is 2. The van der Waals surface area contributed by atoms with E-state index >= 15 is 0 Å². The summed E-state index contributed by atoms with van der Waals surface area (Å²) >= 11 is 12.4. The summed E-state index contributed by atoms with van der Waals surface area (Å²) in [5, 5.41) is 14.2. The molecule has 0 saturated carbocycles. The Balaban J connectivity index is 2.13. The van der Waals surface area contributed by atoms with Crippen molar-refractivity contribution in [3.8, 4) is 5.75 Å². The SMILES string of the molecule is CNC(Cc1cccc(O)c1)Cc1c(Cl)cccc1Cl. The first-order chi connectivity index (χ1) is 9.60. The number of hydrogen-bond donors (Lipinski definition) is 2. The third-order valence-electron chi connectivity index (χ3n) is 3.31. The van der Waals surface area contributed by atoms with Gasteiger partial charge >= 0.3 is 0 Å². The molecule has 0 amide bonds. The summed E-state index contributed by atoms with van der Waals surface area (Å²) in [7, 11) is 1.91. The van der Waals surface area contributed by atoms with Crippen LogP contribution in [0.4, 0.5) is 0 Å². The molecule has 2 nitrogen and oxygen atoms in total. The van der Waals surface area contributed by atoms with E-state index in [-0.39, 0.29) is 11.8 Å². The molecule has 2 rings (SSSR count). The minimum atomic E-state index is 0.203. The largest absolute Gasteiger partial charge is 0.508 e. The van der Waals surface area contributed by atoms with Gasteiger partial charge in [-0.25, -0.2) is 0 Å². The van der Waals surface area contributed by atoms with Crippen molar-refractivity contribution in [2.24, 2.45) is 0 Å². The van der Waals surface area contributed by atoms with E-state index in [1.165, 1.54) is 0 Å². The van der Waals surface area contributed by atoms with Gasteiger partial charge in [0.1, 0.15) is 5.75 Å². The molecule has 0 saturated heterocycles. The number of aromatic hydroxyl groups is 1. The van der Waals surface area contributed by atoms with Crippen molar-refractivity contribution < 1.29 is 5.11 Å². The average Bonchev–Trinajstić information content (AvgIpc) is 2.42. The van der Waals surface area contributed by atoms with Gasteiger partial charge in [0.05, 0.1) is 0 Å². The second-order valence-electron chi connectivity index (χ2n) is 4.76. The molecular formula is C16H17Cl2NO. The van der Waals surface area contributed by atoms with Crippen LogP contribution >= 0.6 is 23.2 Å². The van der Waals surface area contributed by atoms with E-state index < -0.39 is 0 Å². The Morgan fingerprint density at radius 2 is 1.70 bits per heavy atom. The number of nitrogens with one attached hydrogen (secondary N) is 1. The van der Waals surface area contributed by atoms with Gasteiger partial charge in [-0.05, 0) is 55.3 Å². The van der Waals surface area contributed by atoms with Gasteiger partial charge in [-0.15, -0.1) is 0 Å². The fourth-order valence-corrected chi connectivity index (χ4v) is 2.77. The van der Waals surface area contributed by atoms with Crippen LogP contribution < -0.4 is 5.32 Å². The van der Waals surface area contributed by atoms with Crippen molar-refractivity contribution in [1.29, 1.82) is 0 Å². The monoisotopic (exact) mass is 309 g/mol. The maximum absolute atomic E-state index is 9.51. The van der Waals surface area contributed by atoms with Crippen molar-refractivity contribution in [2.75, 3.05) is 7.05 Å². The zero-order valence-corrected chi connectivity index (χ0v) is 12.7. The van der Waals surface area contributed by atoms with E-state index in [0.29, 0.717) is 10.0 Å². The van der Waals surface area contributed by atoms with Gasteiger partial charge in [-0.3, -0.25) is 0 Å². The molecule has 1 unspecified atom stereocenters. The number of phenolic OH excluding ortho intramolecular Hbond substituents is 1. The lowest BCUT2D eigenvalue weighted by molar-refractivity contribution is 0.473. The summed E-state index contributed by atoms with van der Waals surface area (Å²) in [5.74, 6) is 0.285. The van der Waals surface area contributed by atoms with E-state index in [1.54, 1.807) is 12.1 Å². The molecule has 0 radical (unpaired) electrons. The Kier molecular flexibility index (Phi) is 5.30. The molecular weight excluding hydrogens is 293 g/mol. The zero-order chi connectivity index (χ0) is 14.5. The van der Waals surface area contributed by atoms with Gasteiger partial charge in [-0.1, -0.05) is 41.4 Å². The first-order valence-electron chi connectivity index (χ1n) is 6.48. The second-order valence-corrected chi connectivity index (χ2v) is 5.58. The third kappa shape index (κ3) is 3.89. The van der Waals surface area contributed by atoms with Crippen LogP contribution in [0.25, 0.3) is 0 Å². The average molecular weight is 310 g/mol. The van der Waals surface area contributed by atoms with Crippen LogP contribution in [0.5, 0.6) is 5.75 Å². The maximum atomic E-state index is 9.51. The van der Waals surface area contributed by atoms with Crippen molar-refractivity contribution in [1.82, 2.24) is 5.32 Å². The molecule has 0 aliphatic rings. The van der Waals surface area contributed by atoms with E-state index in [4.69, 9.17) is 23.2 Å². The van der Waals surface area contributed by atoms with E-state index in [0.717, 1.165) is 24.0 Å². The van der Waals surface area contributed by atoms with Crippen LogP contribution in [0.2, 0.25) is 10.0 Å². The van der Waals surface area contributed by atoms with Crippen LogP contribution in [-0.2, 0) is 12.8 Å². The van der Waals surface area contributed by atoms with Gasteiger partial charge in [0.2, 0.25) is 0 Å². The van der Waals surface area contributed by atoms with Gasteiger partial charge in [0.15, 0.2) is 0 Å². The van der Waals surface area contributed by atoms with Crippen LogP contribution in [0.15, 0.2) is 42.5 Å². The highest BCUT2D eigenvalue weighted by molar-refractivity contribution is 6.36. The quantitative estimate of drug-likeness (QED) is 0.872. The minimum absolute atomic E-state index is 0.203. The molecule has 0 aliphatic heterocycles. The smallest absolute Gasteiger partial charge is 0.115 e. The lowest BCUT2D eigenvalue weighted by atomic mass is 9.99. The fourth-order valence-electron chi connectivity index (χ4n) is 2.22. The highest BCUT2D eigenvalue weighted by Crippen LogP contribution is 2.26. The number of phenols is 1. The van der Waals surface area contributed by atoms with Gasteiger partial charge in [0, 0.05) is 16.1 Å². The zero-order valence-electron chi connectivity index (χ0n) is 11.2. The molecule has 2 N–H and O–H groups in total. The number of benzene rings is 2. The van der Waals surface area contributed by atoms with Crippen molar-refractivity contribution in [2.45, 2.75) is 18.9 Å². The summed E-state index contributed by atoms with van der Waals surface area (Å²) in [6, 6.07) is 13.0. The summed E-state index contributed by atoms with van der Waals surface area (Å²) in [4.78, 5) is 0. The summed E-state index contributed by atoms with van der Waals surface area (Å²) in [6.07, 6.45) is 1.54. The highest BCUT2D eigenvalue weighted by Gasteiger charge is 2.13. The number of rotatable bonds is 5. The topological polar surface area (TPSA) is 32.3 Å². The molecule has 2 aromatic carbocycles. The molecule has 0 aromatic heterocycles. The number of likely N-dealkylation sites (N-methyl/N-ethyl adjacent to an activating group) is 1. The van der Waals surface area contributed by atoms with Crippen LogP contribution in [-0.4, -0.2) is 18.2 Å².